The Morgan fingerprint density at radius 2 is 1.96 bits per heavy atom. The van der Waals surface area contributed by atoms with Gasteiger partial charge in [0.25, 0.3) is 0 Å². The Morgan fingerprint density at radius 3 is 2.73 bits per heavy atom. The number of carbonyl (C=O) groups is 2. The van der Waals surface area contributed by atoms with Crippen LogP contribution in [0.1, 0.15) is 30.4 Å². The number of rotatable bonds is 5. The summed E-state index contributed by atoms with van der Waals surface area (Å²) in [5.74, 6) is 0.0134. The minimum Gasteiger partial charge on any atom is -0.326 e. The maximum absolute atomic E-state index is 13.6. The van der Waals surface area contributed by atoms with Crippen LogP contribution >= 0.6 is 0 Å². The third kappa shape index (κ3) is 3.47. The van der Waals surface area contributed by atoms with E-state index in [1.54, 1.807) is 18.2 Å². The first kappa shape index (κ1) is 16.8. The molecule has 0 aromatic heterocycles. The topological polar surface area (TPSA) is 49.4 Å². The highest BCUT2D eigenvalue weighted by molar-refractivity contribution is 5.99. The molecule has 26 heavy (non-hydrogen) atoms. The zero-order valence-electron chi connectivity index (χ0n) is 14.5. The van der Waals surface area contributed by atoms with Gasteiger partial charge in [0, 0.05) is 30.3 Å². The average Bonchev–Trinajstić information content (AvgIpc) is 3.40. The third-order valence-electron chi connectivity index (χ3n) is 5.03. The molecule has 1 saturated carbocycles. The number of anilines is 2. The molecule has 1 aliphatic carbocycles. The summed E-state index contributed by atoms with van der Waals surface area (Å²) in [4.78, 5) is 26.3. The molecule has 1 fully saturated rings. The van der Waals surface area contributed by atoms with Crippen molar-refractivity contribution in [2.24, 2.45) is 5.92 Å². The van der Waals surface area contributed by atoms with Crippen LogP contribution in [0.25, 0.3) is 0 Å². The number of hydrogen-bond donors (Lipinski definition) is 1. The molecule has 5 heteroatoms. The smallest absolute Gasteiger partial charge is 0.230 e. The minimum atomic E-state index is -0.279. The number of amides is 2. The lowest BCUT2D eigenvalue weighted by Crippen LogP contribution is -2.30. The molecule has 134 valence electrons. The van der Waals surface area contributed by atoms with Crippen LogP contribution in [0, 0.1) is 11.7 Å². The molecule has 2 aliphatic rings. The van der Waals surface area contributed by atoms with Gasteiger partial charge in [-0.3, -0.25) is 9.59 Å². The monoisotopic (exact) mass is 352 g/mol. The predicted octanol–water partition coefficient (Wildman–Crippen LogP) is 3.70. The van der Waals surface area contributed by atoms with Gasteiger partial charge < -0.3 is 10.2 Å². The van der Waals surface area contributed by atoms with E-state index in [2.05, 4.69) is 5.32 Å². The van der Waals surface area contributed by atoms with Crippen molar-refractivity contribution in [1.29, 1.82) is 0 Å². The molecule has 1 N–H and O–H groups in total. The molecule has 2 aromatic carbocycles. The number of halogens is 1. The highest BCUT2D eigenvalue weighted by Gasteiger charge is 2.36. The quantitative estimate of drug-likeness (QED) is 0.892. The first-order chi connectivity index (χ1) is 12.6. The summed E-state index contributed by atoms with van der Waals surface area (Å²) in [6, 6.07) is 12.2. The molecule has 0 unspecified atom stereocenters. The van der Waals surface area contributed by atoms with Gasteiger partial charge in [0.2, 0.25) is 11.8 Å². The van der Waals surface area contributed by atoms with Crippen LogP contribution in [0.15, 0.2) is 42.5 Å². The largest absolute Gasteiger partial charge is 0.326 e. The fourth-order valence-electron chi connectivity index (χ4n) is 3.43. The van der Waals surface area contributed by atoms with Crippen molar-refractivity contribution in [2.45, 2.75) is 32.1 Å². The molecule has 0 atom stereocenters. The Hall–Kier alpha value is -2.69. The lowest BCUT2D eigenvalue weighted by Gasteiger charge is -2.17. The van der Waals surface area contributed by atoms with Gasteiger partial charge in [0.1, 0.15) is 5.82 Å². The Bertz CT molecular complexity index is 861. The van der Waals surface area contributed by atoms with E-state index in [-0.39, 0.29) is 30.0 Å². The number of benzene rings is 2. The van der Waals surface area contributed by atoms with Gasteiger partial charge >= 0.3 is 0 Å². The highest BCUT2D eigenvalue weighted by atomic mass is 19.1. The number of aryl methyl sites for hydroxylation is 1. The van der Waals surface area contributed by atoms with Crippen LogP contribution in [0.3, 0.4) is 0 Å². The summed E-state index contributed by atoms with van der Waals surface area (Å²) in [7, 11) is 0. The average molecular weight is 352 g/mol. The van der Waals surface area contributed by atoms with Gasteiger partial charge in [-0.25, -0.2) is 4.39 Å². The highest BCUT2D eigenvalue weighted by Crippen LogP contribution is 2.37. The lowest BCUT2D eigenvalue weighted by molar-refractivity contribution is -0.119. The second-order valence-corrected chi connectivity index (χ2v) is 7.00. The molecule has 1 aliphatic heterocycles. The molecule has 4 rings (SSSR count). The molecule has 0 spiro atoms. The molecular weight excluding hydrogens is 331 g/mol. The number of nitrogens with one attached hydrogen (secondary N) is 1. The first-order valence-corrected chi connectivity index (χ1v) is 9.09. The molecule has 2 aromatic rings. The van der Waals surface area contributed by atoms with Crippen LogP contribution in [-0.2, 0) is 22.4 Å². The fraction of sp³-hybridized carbons (Fsp3) is 0.333. The number of fused-ring (bicyclic) bond motifs is 1. The summed E-state index contributed by atoms with van der Waals surface area (Å²) in [6.07, 6.45) is 3.41. The van der Waals surface area contributed by atoms with Gasteiger partial charge in [-0.2, -0.15) is 0 Å². The summed E-state index contributed by atoms with van der Waals surface area (Å²) in [5.41, 5.74) is 3.32. The summed E-state index contributed by atoms with van der Waals surface area (Å²) in [6.45, 7) is 0.718. The standard InChI is InChI=1S/C21H21FN2O2/c22-18-4-2-1-3-14(18)7-10-20(25)23-17-8-9-19-16(13-17)11-12-24(19)21(26)15-5-6-15/h1-4,8-9,13,15H,5-7,10-12H2,(H,23,25). The van der Waals surface area contributed by atoms with Gasteiger partial charge in [-0.1, -0.05) is 18.2 Å². The normalized spacial score (nSPS) is 15.7. The van der Waals surface area contributed by atoms with E-state index in [4.69, 9.17) is 0 Å². The van der Waals surface area contributed by atoms with Crippen molar-refractivity contribution in [3.63, 3.8) is 0 Å². The summed E-state index contributed by atoms with van der Waals surface area (Å²) < 4.78 is 13.6. The number of hydrogen-bond acceptors (Lipinski definition) is 2. The Balaban J connectivity index is 1.37. The maximum atomic E-state index is 13.6. The van der Waals surface area contributed by atoms with E-state index in [1.165, 1.54) is 6.07 Å². The molecule has 1 heterocycles. The van der Waals surface area contributed by atoms with Crippen molar-refractivity contribution >= 4 is 23.2 Å². The van der Waals surface area contributed by atoms with E-state index in [1.807, 2.05) is 23.1 Å². The summed E-state index contributed by atoms with van der Waals surface area (Å²) >= 11 is 0. The molecule has 0 bridgehead atoms. The van der Waals surface area contributed by atoms with E-state index in [0.717, 1.165) is 42.7 Å². The number of nitrogens with zero attached hydrogens (tertiary/aromatic N) is 1. The number of carbonyl (C=O) groups excluding carboxylic acids is 2. The van der Waals surface area contributed by atoms with Crippen molar-refractivity contribution in [3.05, 3.63) is 59.4 Å². The molecule has 0 saturated heterocycles. The van der Waals surface area contributed by atoms with E-state index >= 15 is 0 Å². The van der Waals surface area contributed by atoms with Gasteiger partial charge in [0.15, 0.2) is 0 Å². The molecule has 4 nitrogen and oxygen atoms in total. The van der Waals surface area contributed by atoms with Crippen molar-refractivity contribution < 1.29 is 14.0 Å². The van der Waals surface area contributed by atoms with E-state index in [9.17, 15) is 14.0 Å². The molecular formula is C21H21FN2O2. The van der Waals surface area contributed by atoms with E-state index < -0.39 is 0 Å². The maximum Gasteiger partial charge on any atom is 0.230 e. The van der Waals surface area contributed by atoms with Crippen LogP contribution in [-0.4, -0.2) is 18.4 Å². The second-order valence-electron chi connectivity index (χ2n) is 7.00. The zero-order chi connectivity index (χ0) is 18.1. The Labute approximate surface area is 152 Å². The van der Waals surface area contributed by atoms with Crippen LogP contribution in [0.2, 0.25) is 0 Å². The van der Waals surface area contributed by atoms with Crippen LogP contribution < -0.4 is 10.2 Å². The fourth-order valence-corrected chi connectivity index (χ4v) is 3.43. The van der Waals surface area contributed by atoms with E-state index in [0.29, 0.717) is 12.0 Å². The Kier molecular flexibility index (Phi) is 4.45. The van der Waals surface area contributed by atoms with Crippen molar-refractivity contribution in [1.82, 2.24) is 0 Å². The van der Waals surface area contributed by atoms with Gasteiger partial charge in [0.05, 0.1) is 0 Å². The van der Waals surface area contributed by atoms with Crippen molar-refractivity contribution in [2.75, 3.05) is 16.8 Å². The first-order valence-electron chi connectivity index (χ1n) is 9.09. The second kappa shape index (κ2) is 6.90. The predicted molar refractivity (Wildman–Crippen MR) is 98.6 cm³/mol. The van der Waals surface area contributed by atoms with Crippen molar-refractivity contribution in [3.8, 4) is 0 Å². The molecule has 0 radical (unpaired) electrons. The van der Waals surface area contributed by atoms with Crippen LogP contribution in [0.5, 0.6) is 0 Å². The zero-order valence-corrected chi connectivity index (χ0v) is 14.5. The third-order valence-corrected chi connectivity index (χ3v) is 5.03. The van der Waals surface area contributed by atoms with Gasteiger partial charge in [-0.05, 0) is 61.1 Å². The summed E-state index contributed by atoms with van der Waals surface area (Å²) in [5, 5.41) is 2.88. The minimum absolute atomic E-state index is 0.142. The Morgan fingerprint density at radius 1 is 1.15 bits per heavy atom. The van der Waals surface area contributed by atoms with Crippen LogP contribution in [0.4, 0.5) is 15.8 Å². The SMILES string of the molecule is O=C(CCc1ccccc1F)Nc1ccc2c(c1)CCN2C(=O)C1CC1. The molecule has 2 amide bonds. The van der Waals surface area contributed by atoms with Gasteiger partial charge in [-0.15, -0.1) is 0 Å². The lowest BCUT2D eigenvalue weighted by atomic mass is 10.1.